The first-order valence-electron chi connectivity index (χ1n) is 7.80. The number of nitro groups is 1. The van der Waals surface area contributed by atoms with Gasteiger partial charge in [0.2, 0.25) is 5.91 Å². The van der Waals surface area contributed by atoms with Crippen LogP contribution < -0.4 is 5.43 Å². The molecule has 2 aromatic rings. The van der Waals surface area contributed by atoms with Crippen molar-refractivity contribution in [2.75, 3.05) is 0 Å². The van der Waals surface area contributed by atoms with Crippen molar-refractivity contribution in [2.45, 2.75) is 20.3 Å². The Morgan fingerprint density at radius 3 is 2.54 bits per heavy atom. The number of amides is 3. The summed E-state index contributed by atoms with van der Waals surface area (Å²) >= 11 is 3.18. The molecule has 0 unspecified atom stereocenters. The van der Waals surface area contributed by atoms with E-state index in [9.17, 15) is 24.5 Å². The molecule has 1 aliphatic rings. The van der Waals surface area contributed by atoms with Gasteiger partial charge in [-0.25, -0.2) is 0 Å². The summed E-state index contributed by atoms with van der Waals surface area (Å²) < 4.78 is 0.195. The Balaban J connectivity index is 2.17. The fourth-order valence-corrected chi connectivity index (χ4v) is 3.48. The second kappa shape index (κ2) is 6.49. The summed E-state index contributed by atoms with van der Waals surface area (Å²) in [5.41, 5.74) is 2.21. The van der Waals surface area contributed by atoms with Crippen LogP contribution in [-0.2, 0) is 4.79 Å². The molecule has 134 valence electrons. The molecule has 0 aromatic heterocycles. The van der Waals surface area contributed by atoms with E-state index in [4.69, 9.17) is 0 Å². The molecule has 0 fully saturated rings. The van der Waals surface area contributed by atoms with E-state index in [1.54, 1.807) is 12.1 Å². The number of halogens is 1. The number of nitro benzene ring substituents is 1. The van der Waals surface area contributed by atoms with Crippen LogP contribution in [0.4, 0.5) is 5.69 Å². The SMILES string of the molecule is CC(C)CC(=O)NN1C(=O)c2cccc3c(Br)c([N+](=O)[O-])cc(c23)C1=O. The van der Waals surface area contributed by atoms with Crippen molar-refractivity contribution < 1.29 is 19.3 Å². The molecule has 0 bridgehead atoms. The molecule has 3 rings (SSSR count). The number of hydrogen-bond acceptors (Lipinski definition) is 5. The fraction of sp³-hybridized carbons (Fsp3) is 0.235. The van der Waals surface area contributed by atoms with Crippen molar-refractivity contribution >= 4 is 50.1 Å². The Hall–Kier alpha value is -2.81. The minimum absolute atomic E-state index is 0.00468. The standard InChI is InChI=1S/C17H14BrN3O5/c1-8(2)6-13(22)19-20-16(23)10-5-3-4-9-14(10)11(17(20)24)7-12(15(9)18)21(25)26/h3-5,7-8H,6H2,1-2H3,(H,19,22). The van der Waals surface area contributed by atoms with Crippen LogP contribution in [0, 0.1) is 16.0 Å². The number of hydrazine groups is 1. The van der Waals surface area contributed by atoms with E-state index >= 15 is 0 Å². The molecule has 0 radical (unpaired) electrons. The third-order valence-corrected chi connectivity index (χ3v) is 4.80. The van der Waals surface area contributed by atoms with Gasteiger partial charge in [-0.1, -0.05) is 26.0 Å². The van der Waals surface area contributed by atoms with Crippen molar-refractivity contribution in [2.24, 2.45) is 5.92 Å². The molecule has 0 aliphatic carbocycles. The molecule has 1 aliphatic heterocycles. The molecule has 1 N–H and O–H groups in total. The summed E-state index contributed by atoms with van der Waals surface area (Å²) in [6, 6.07) is 5.79. The molecule has 2 aromatic carbocycles. The minimum Gasteiger partial charge on any atom is -0.273 e. The monoisotopic (exact) mass is 419 g/mol. The number of imide groups is 1. The van der Waals surface area contributed by atoms with Crippen LogP contribution in [0.1, 0.15) is 41.0 Å². The molecule has 0 spiro atoms. The van der Waals surface area contributed by atoms with E-state index in [2.05, 4.69) is 21.4 Å². The highest BCUT2D eigenvalue weighted by atomic mass is 79.9. The summed E-state index contributed by atoms with van der Waals surface area (Å²) in [6.45, 7) is 3.66. The number of rotatable bonds is 4. The number of carbonyl (C=O) groups is 3. The Labute approximate surface area is 156 Å². The van der Waals surface area contributed by atoms with Gasteiger partial charge in [-0.05, 0) is 27.9 Å². The Morgan fingerprint density at radius 2 is 1.92 bits per heavy atom. The smallest absolute Gasteiger partial charge is 0.273 e. The van der Waals surface area contributed by atoms with Crippen molar-refractivity contribution in [3.63, 3.8) is 0 Å². The second-order valence-corrected chi connectivity index (χ2v) is 7.11. The molecular formula is C17H14BrN3O5. The van der Waals surface area contributed by atoms with E-state index in [0.717, 1.165) is 6.07 Å². The van der Waals surface area contributed by atoms with E-state index in [1.807, 2.05) is 13.8 Å². The van der Waals surface area contributed by atoms with Crippen LogP contribution in [0.5, 0.6) is 0 Å². The summed E-state index contributed by atoms with van der Waals surface area (Å²) in [5, 5.41) is 12.6. The Kier molecular flexibility index (Phi) is 4.49. The lowest BCUT2D eigenvalue weighted by Crippen LogP contribution is -2.51. The summed E-state index contributed by atoms with van der Waals surface area (Å²) in [5.74, 6) is -1.92. The van der Waals surface area contributed by atoms with Gasteiger partial charge in [0, 0.05) is 23.3 Å². The molecule has 9 heteroatoms. The normalized spacial score (nSPS) is 13.5. The van der Waals surface area contributed by atoms with Crippen molar-refractivity contribution in [3.8, 4) is 0 Å². The number of nitrogens with one attached hydrogen (secondary N) is 1. The molecular weight excluding hydrogens is 406 g/mol. The zero-order chi connectivity index (χ0) is 19.2. The predicted molar refractivity (Wildman–Crippen MR) is 96.4 cm³/mol. The highest BCUT2D eigenvalue weighted by molar-refractivity contribution is 9.10. The number of benzene rings is 2. The maximum Gasteiger partial charge on any atom is 0.284 e. The maximum atomic E-state index is 12.8. The number of nitrogens with zero attached hydrogens (tertiary/aromatic N) is 2. The lowest BCUT2D eigenvalue weighted by atomic mass is 9.94. The number of carbonyl (C=O) groups excluding carboxylic acids is 3. The molecule has 26 heavy (non-hydrogen) atoms. The van der Waals surface area contributed by atoms with Gasteiger partial charge in [-0.15, -0.1) is 0 Å². The molecule has 3 amide bonds. The minimum atomic E-state index is -0.800. The van der Waals surface area contributed by atoms with Crippen LogP contribution in [0.2, 0.25) is 0 Å². The van der Waals surface area contributed by atoms with Crippen molar-refractivity contribution in [1.29, 1.82) is 0 Å². The van der Waals surface area contributed by atoms with E-state index in [1.165, 1.54) is 6.07 Å². The van der Waals surface area contributed by atoms with Gasteiger partial charge in [0.25, 0.3) is 17.5 Å². The van der Waals surface area contributed by atoms with E-state index < -0.39 is 22.6 Å². The Morgan fingerprint density at radius 1 is 1.27 bits per heavy atom. The molecule has 0 atom stereocenters. The molecule has 8 nitrogen and oxygen atoms in total. The van der Waals surface area contributed by atoms with Crippen LogP contribution in [0.3, 0.4) is 0 Å². The van der Waals surface area contributed by atoms with Gasteiger partial charge in [-0.3, -0.25) is 29.9 Å². The third kappa shape index (κ3) is 2.84. The second-order valence-electron chi connectivity index (χ2n) is 6.32. The highest BCUT2D eigenvalue weighted by Crippen LogP contribution is 2.39. The van der Waals surface area contributed by atoms with Gasteiger partial charge >= 0.3 is 0 Å². The van der Waals surface area contributed by atoms with Gasteiger partial charge in [0.05, 0.1) is 16.1 Å². The predicted octanol–water partition coefficient (Wildman–Crippen LogP) is 3.18. The van der Waals surface area contributed by atoms with E-state index in [0.29, 0.717) is 15.8 Å². The van der Waals surface area contributed by atoms with Crippen LogP contribution in [-0.4, -0.2) is 27.7 Å². The molecule has 0 saturated heterocycles. The topological polar surface area (TPSA) is 110 Å². The summed E-state index contributed by atoms with van der Waals surface area (Å²) in [6.07, 6.45) is 0.134. The highest BCUT2D eigenvalue weighted by Gasteiger charge is 2.36. The molecule has 0 saturated carbocycles. The Bertz CT molecular complexity index is 986. The quantitative estimate of drug-likeness (QED) is 0.464. The zero-order valence-corrected chi connectivity index (χ0v) is 15.5. The van der Waals surface area contributed by atoms with Gasteiger partial charge in [-0.2, -0.15) is 5.01 Å². The average Bonchev–Trinajstić information content (AvgIpc) is 2.56. The fourth-order valence-electron chi connectivity index (χ4n) is 2.89. The van der Waals surface area contributed by atoms with Gasteiger partial charge in [0.1, 0.15) is 4.47 Å². The van der Waals surface area contributed by atoms with Crippen molar-refractivity contribution in [1.82, 2.24) is 10.4 Å². The first-order valence-corrected chi connectivity index (χ1v) is 8.59. The summed E-state index contributed by atoms with van der Waals surface area (Å²) in [4.78, 5) is 48.2. The zero-order valence-electron chi connectivity index (χ0n) is 13.9. The largest absolute Gasteiger partial charge is 0.284 e. The van der Waals surface area contributed by atoms with Crippen LogP contribution in [0.15, 0.2) is 28.7 Å². The third-order valence-electron chi connectivity index (χ3n) is 3.97. The first-order chi connectivity index (χ1) is 12.2. The summed E-state index contributed by atoms with van der Waals surface area (Å²) in [7, 11) is 0. The van der Waals surface area contributed by atoms with Crippen LogP contribution in [0.25, 0.3) is 10.8 Å². The molecule has 1 heterocycles. The average molecular weight is 420 g/mol. The van der Waals surface area contributed by atoms with Gasteiger partial charge in [0.15, 0.2) is 0 Å². The number of hydrogen-bond donors (Lipinski definition) is 1. The first kappa shape index (κ1) is 18.0. The lowest BCUT2D eigenvalue weighted by Gasteiger charge is -2.27. The van der Waals surface area contributed by atoms with Crippen LogP contribution >= 0.6 is 15.9 Å². The van der Waals surface area contributed by atoms with Crippen molar-refractivity contribution in [3.05, 3.63) is 50.0 Å². The maximum absolute atomic E-state index is 12.8. The lowest BCUT2D eigenvalue weighted by molar-refractivity contribution is -0.385. The van der Waals surface area contributed by atoms with E-state index in [-0.39, 0.29) is 33.6 Å². The van der Waals surface area contributed by atoms with Gasteiger partial charge < -0.3 is 0 Å².